The predicted molar refractivity (Wildman–Crippen MR) is 103 cm³/mol. The number of fused-ring (bicyclic) bond motifs is 2. The molecule has 6 heteroatoms. The number of ether oxygens (including phenoxy) is 1. The zero-order chi connectivity index (χ0) is 20.3. The summed E-state index contributed by atoms with van der Waals surface area (Å²) in [4.78, 5) is 35.4. The lowest BCUT2D eigenvalue weighted by atomic mass is 9.56. The highest BCUT2D eigenvalue weighted by atomic mass is 17.2. The number of carboxylic acids is 1. The lowest BCUT2D eigenvalue weighted by Gasteiger charge is -2.50. The molecule has 5 atom stereocenters. The molecular formula is C22H36O6. The van der Waals surface area contributed by atoms with Gasteiger partial charge in [-0.1, -0.05) is 13.8 Å². The topological polar surface area (TPSA) is 82.1 Å². The van der Waals surface area contributed by atoms with Crippen molar-refractivity contribution in [3.8, 4) is 0 Å². The molecule has 0 heterocycles. The van der Waals surface area contributed by atoms with Crippen LogP contribution in [0, 0.1) is 29.1 Å². The van der Waals surface area contributed by atoms with E-state index in [0.717, 1.165) is 38.5 Å². The number of carbonyl (C=O) groups is 2. The fourth-order valence-corrected chi connectivity index (χ4v) is 6.02. The van der Waals surface area contributed by atoms with E-state index >= 15 is 0 Å². The largest absolute Gasteiger partial charge is 0.481 e. The van der Waals surface area contributed by atoms with Gasteiger partial charge in [-0.05, 0) is 82.0 Å². The number of carbonyl (C=O) groups excluding carboxylic acids is 1. The quantitative estimate of drug-likeness (QED) is 0.391. The molecule has 3 fully saturated rings. The van der Waals surface area contributed by atoms with Gasteiger partial charge in [-0.3, -0.25) is 9.59 Å². The molecule has 0 radical (unpaired) electrons. The minimum Gasteiger partial charge on any atom is -0.481 e. The highest BCUT2D eigenvalue weighted by molar-refractivity contribution is 5.75. The zero-order valence-electron chi connectivity index (χ0n) is 17.5. The molecule has 4 unspecified atom stereocenters. The second kappa shape index (κ2) is 9.12. The third-order valence-corrected chi connectivity index (χ3v) is 7.15. The van der Waals surface area contributed by atoms with Crippen molar-refractivity contribution in [3.63, 3.8) is 0 Å². The number of carboxylic acid groups (broad SMARTS) is 1. The van der Waals surface area contributed by atoms with E-state index in [1.165, 1.54) is 0 Å². The Kier molecular flexibility index (Phi) is 7.02. The van der Waals surface area contributed by atoms with E-state index in [1.54, 1.807) is 0 Å². The summed E-state index contributed by atoms with van der Waals surface area (Å²) in [6.07, 6.45) is 7.41. The monoisotopic (exact) mass is 396 g/mol. The Morgan fingerprint density at radius 2 is 1.75 bits per heavy atom. The normalized spacial score (nSPS) is 40.7. The molecule has 0 aliphatic heterocycles. The van der Waals surface area contributed by atoms with Gasteiger partial charge in [-0.15, -0.1) is 0 Å². The van der Waals surface area contributed by atoms with Gasteiger partial charge in [0.15, 0.2) is 0 Å². The predicted octanol–water partition coefficient (Wildman–Crippen LogP) is 4.36. The lowest BCUT2D eigenvalue weighted by molar-refractivity contribution is -0.379. The molecule has 3 saturated carbocycles. The third kappa shape index (κ3) is 4.88. The van der Waals surface area contributed by atoms with Gasteiger partial charge in [0.25, 0.3) is 0 Å². The first kappa shape index (κ1) is 21.6. The summed E-state index contributed by atoms with van der Waals surface area (Å²) in [7, 11) is 0. The van der Waals surface area contributed by atoms with Crippen molar-refractivity contribution in [2.24, 2.45) is 29.1 Å². The van der Waals surface area contributed by atoms with Crippen LogP contribution < -0.4 is 0 Å². The van der Waals surface area contributed by atoms with Crippen LogP contribution in [0.4, 0.5) is 0 Å². The van der Waals surface area contributed by atoms with Crippen molar-refractivity contribution in [2.75, 3.05) is 6.61 Å². The van der Waals surface area contributed by atoms with Crippen LogP contribution in [0.5, 0.6) is 0 Å². The van der Waals surface area contributed by atoms with Gasteiger partial charge in [0.05, 0.1) is 24.2 Å². The molecule has 0 saturated heterocycles. The summed E-state index contributed by atoms with van der Waals surface area (Å²) >= 11 is 0. The summed E-state index contributed by atoms with van der Waals surface area (Å²) in [6, 6.07) is 0. The summed E-state index contributed by atoms with van der Waals surface area (Å²) in [5, 5.41) is 9.81. The van der Waals surface area contributed by atoms with Crippen LogP contribution in [-0.2, 0) is 24.1 Å². The fourth-order valence-electron chi connectivity index (χ4n) is 6.02. The average molecular weight is 397 g/mol. The van der Waals surface area contributed by atoms with E-state index < -0.39 is 11.4 Å². The van der Waals surface area contributed by atoms with Gasteiger partial charge in [0.2, 0.25) is 0 Å². The molecule has 0 spiro atoms. The SMILES string of the molecule is CCOC(=O)C[C@H]1CC[C@@H](OO[C@H]2C(C)CC3(C(=O)O)CC(C)CC2C3)CC1. The summed E-state index contributed by atoms with van der Waals surface area (Å²) in [5.41, 5.74) is -0.577. The minimum absolute atomic E-state index is 0.0209. The molecule has 28 heavy (non-hydrogen) atoms. The molecule has 0 amide bonds. The van der Waals surface area contributed by atoms with Gasteiger partial charge in [-0.25, -0.2) is 9.78 Å². The van der Waals surface area contributed by atoms with Crippen molar-refractivity contribution in [1.29, 1.82) is 0 Å². The van der Waals surface area contributed by atoms with Crippen molar-refractivity contribution in [3.05, 3.63) is 0 Å². The maximum atomic E-state index is 11.9. The van der Waals surface area contributed by atoms with Crippen molar-refractivity contribution in [2.45, 2.75) is 90.8 Å². The Morgan fingerprint density at radius 3 is 2.39 bits per heavy atom. The maximum absolute atomic E-state index is 11.9. The van der Waals surface area contributed by atoms with E-state index in [0.29, 0.717) is 37.7 Å². The van der Waals surface area contributed by atoms with Crippen LogP contribution in [-0.4, -0.2) is 35.9 Å². The molecule has 0 aromatic heterocycles. The smallest absolute Gasteiger partial charge is 0.309 e. The second-order valence-corrected chi connectivity index (χ2v) is 9.59. The Hall–Kier alpha value is -1.14. The highest BCUT2D eigenvalue weighted by Gasteiger charge is 2.53. The van der Waals surface area contributed by atoms with Crippen molar-refractivity contribution in [1.82, 2.24) is 0 Å². The maximum Gasteiger partial charge on any atom is 0.309 e. The first-order valence-corrected chi connectivity index (χ1v) is 11.0. The lowest BCUT2D eigenvalue weighted by Crippen LogP contribution is -2.51. The fraction of sp³-hybridized carbons (Fsp3) is 0.909. The molecule has 3 aliphatic rings. The van der Waals surface area contributed by atoms with E-state index in [1.807, 2.05) is 6.92 Å². The Morgan fingerprint density at radius 1 is 1.04 bits per heavy atom. The molecule has 2 bridgehead atoms. The standard InChI is InChI=1S/C22H36O6/c1-4-26-19(23)10-16-5-7-18(8-6-16)27-28-20-15(3)12-22(21(24)25)11-14(2)9-17(20)13-22/h14-18,20H,4-13H2,1-3H3,(H,24,25)/t14?,15?,16-,17?,18+,20-,22?/m0/s1. The Bertz CT molecular complexity index is 551. The van der Waals surface area contributed by atoms with Crippen LogP contribution in [0.15, 0.2) is 0 Å². The third-order valence-electron chi connectivity index (χ3n) is 7.15. The number of hydrogen-bond donors (Lipinski definition) is 1. The zero-order valence-corrected chi connectivity index (χ0v) is 17.5. The molecule has 1 N–H and O–H groups in total. The Labute approximate surface area is 168 Å². The van der Waals surface area contributed by atoms with E-state index in [9.17, 15) is 14.7 Å². The van der Waals surface area contributed by atoms with Crippen LogP contribution in [0.3, 0.4) is 0 Å². The summed E-state index contributed by atoms with van der Waals surface area (Å²) in [5.74, 6) is 0.476. The van der Waals surface area contributed by atoms with E-state index in [-0.39, 0.29) is 30.0 Å². The van der Waals surface area contributed by atoms with Gasteiger partial charge in [-0.2, -0.15) is 0 Å². The van der Waals surface area contributed by atoms with Gasteiger partial charge in [0, 0.05) is 6.42 Å². The molecular weight excluding hydrogens is 360 g/mol. The molecule has 3 rings (SSSR count). The van der Waals surface area contributed by atoms with E-state index in [4.69, 9.17) is 14.5 Å². The number of rotatable bonds is 7. The first-order valence-electron chi connectivity index (χ1n) is 11.0. The molecule has 0 aromatic carbocycles. The molecule has 3 aliphatic carbocycles. The molecule has 6 nitrogen and oxygen atoms in total. The molecule has 0 aromatic rings. The highest BCUT2D eigenvalue weighted by Crippen LogP contribution is 2.53. The number of aliphatic carboxylic acids is 1. The average Bonchev–Trinajstić information content (AvgIpc) is 2.62. The van der Waals surface area contributed by atoms with Crippen molar-refractivity contribution >= 4 is 11.9 Å². The van der Waals surface area contributed by atoms with Crippen LogP contribution in [0.2, 0.25) is 0 Å². The number of hydrogen-bond acceptors (Lipinski definition) is 5. The van der Waals surface area contributed by atoms with Gasteiger partial charge >= 0.3 is 11.9 Å². The first-order chi connectivity index (χ1) is 13.3. The van der Waals surface area contributed by atoms with Crippen LogP contribution >= 0.6 is 0 Å². The summed E-state index contributed by atoms with van der Waals surface area (Å²) in [6.45, 7) is 6.53. The minimum atomic E-state index is -0.643. The molecule has 160 valence electrons. The van der Waals surface area contributed by atoms with Crippen molar-refractivity contribution < 1.29 is 29.2 Å². The van der Waals surface area contributed by atoms with Crippen LogP contribution in [0.1, 0.15) is 78.6 Å². The van der Waals surface area contributed by atoms with Gasteiger partial charge in [0.1, 0.15) is 0 Å². The summed E-state index contributed by atoms with van der Waals surface area (Å²) < 4.78 is 5.05. The van der Waals surface area contributed by atoms with E-state index in [2.05, 4.69) is 13.8 Å². The van der Waals surface area contributed by atoms with Gasteiger partial charge < -0.3 is 9.84 Å². The second-order valence-electron chi connectivity index (χ2n) is 9.59. The number of esters is 1. The Balaban J connectivity index is 1.48. The van der Waals surface area contributed by atoms with Crippen LogP contribution in [0.25, 0.3) is 0 Å².